The smallest absolute Gasteiger partial charge is 0.242 e. The first-order valence-electron chi connectivity index (χ1n) is 7.77. The van der Waals surface area contributed by atoms with Gasteiger partial charge in [-0.25, -0.2) is 0 Å². The van der Waals surface area contributed by atoms with Crippen molar-refractivity contribution in [2.24, 2.45) is 0 Å². The van der Waals surface area contributed by atoms with E-state index in [1.807, 2.05) is 38.2 Å². The molecule has 1 aliphatic heterocycles. The number of hydrogen-bond donors (Lipinski definition) is 1. The number of halogens is 1. The quantitative estimate of drug-likeness (QED) is 0.874. The Bertz CT molecular complexity index is 487. The minimum absolute atomic E-state index is 0. The molecule has 1 aromatic rings. The summed E-state index contributed by atoms with van der Waals surface area (Å²) in [5.41, 5.74) is 0.829. The second-order valence-corrected chi connectivity index (χ2v) is 5.86. The summed E-state index contributed by atoms with van der Waals surface area (Å²) in [5, 5.41) is 3.38. The van der Waals surface area contributed by atoms with Crippen LogP contribution in [0.3, 0.4) is 0 Å². The van der Waals surface area contributed by atoms with E-state index in [9.17, 15) is 4.79 Å². The van der Waals surface area contributed by atoms with E-state index in [0.717, 1.165) is 31.6 Å². The second kappa shape index (κ2) is 8.39. The molecule has 1 atom stereocenters. The Kier molecular flexibility index (Phi) is 7.17. The van der Waals surface area contributed by atoms with Gasteiger partial charge in [0.15, 0.2) is 0 Å². The van der Waals surface area contributed by atoms with Gasteiger partial charge < -0.3 is 15.0 Å². The van der Waals surface area contributed by atoms with Gasteiger partial charge in [0, 0.05) is 7.05 Å². The number of nitrogens with one attached hydrogen (secondary N) is 1. The molecule has 1 heterocycles. The predicted octanol–water partition coefficient (Wildman–Crippen LogP) is 2.79. The maximum Gasteiger partial charge on any atom is 0.242 e. The van der Waals surface area contributed by atoms with Gasteiger partial charge >= 0.3 is 0 Å². The summed E-state index contributed by atoms with van der Waals surface area (Å²) < 4.78 is 5.72. The number of ether oxygens (including phenoxy) is 1. The first-order valence-corrected chi connectivity index (χ1v) is 7.77. The Labute approximate surface area is 139 Å². The molecule has 1 N–H and O–H groups in total. The Morgan fingerprint density at radius 3 is 2.82 bits per heavy atom. The SMILES string of the molecule is CCC1(C(=O)N(C)CCOc2cccc(C)c2)CCCN1.Cl. The van der Waals surface area contributed by atoms with Crippen LogP contribution in [0.1, 0.15) is 31.7 Å². The Morgan fingerprint density at radius 2 is 2.23 bits per heavy atom. The van der Waals surface area contributed by atoms with Crippen LogP contribution in [0, 0.1) is 6.92 Å². The van der Waals surface area contributed by atoms with Gasteiger partial charge in [0.1, 0.15) is 12.4 Å². The molecule has 0 aromatic heterocycles. The number of benzene rings is 1. The van der Waals surface area contributed by atoms with Crippen LogP contribution in [0.25, 0.3) is 0 Å². The predicted molar refractivity (Wildman–Crippen MR) is 91.8 cm³/mol. The van der Waals surface area contributed by atoms with Crippen LogP contribution >= 0.6 is 12.4 Å². The number of aryl methyl sites for hydroxylation is 1. The topological polar surface area (TPSA) is 41.6 Å². The number of carbonyl (C=O) groups excluding carboxylic acids is 1. The number of carbonyl (C=O) groups is 1. The third-order valence-electron chi connectivity index (χ3n) is 4.29. The zero-order chi connectivity index (χ0) is 15.3. The highest BCUT2D eigenvalue weighted by molar-refractivity contribution is 5.86. The zero-order valence-corrected chi connectivity index (χ0v) is 14.5. The summed E-state index contributed by atoms with van der Waals surface area (Å²) in [6, 6.07) is 7.97. The zero-order valence-electron chi connectivity index (χ0n) is 13.7. The van der Waals surface area contributed by atoms with Crippen molar-refractivity contribution in [3.63, 3.8) is 0 Å². The van der Waals surface area contributed by atoms with E-state index in [1.165, 1.54) is 5.56 Å². The highest BCUT2D eigenvalue weighted by Gasteiger charge is 2.40. The average molecular weight is 327 g/mol. The maximum absolute atomic E-state index is 12.6. The fraction of sp³-hybridized carbons (Fsp3) is 0.588. The van der Waals surface area contributed by atoms with E-state index in [2.05, 4.69) is 12.2 Å². The molecule has 1 amide bonds. The molecule has 0 saturated carbocycles. The third-order valence-corrected chi connectivity index (χ3v) is 4.29. The first-order chi connectivity index (χ1) is 10.1. The van der Waals surface area contributed by atoms with Crippen molar-refractivity contribution < 1.29 is 9.53 Å². The number of amides is 1. The van der Waals surface area contributed by atoms with Gasteiger partial charge in [0.25, 0.3) is 0 Å². The van der Waals surface area contributed by atoms with Crippen molar-refractivity contribution in [3.8, 4) is 5.75 Å². The van der Waals surface area contributed by atoms with Crippen LogP contribution in [0.4, 0.5) is 0 Å². The molecule has 5 heteroatoms. The van der Waals surface area contributed by atoms with E-state index in [4.69, 9.17) is 4.74 Å². The Morgan fingerprint density at radius 1 is 1.45 bits per heavy atom. The summed E-state index contributed by atoms with van der Waals surface area (Å²) in [6.45, 7) is 6.18. The molecule has 4 nitrogen and oxygen atoms in total. The van der Waals surface area contributed by atoms with Crippen molar-refractivity contribution in [1.29, 1.82) is 0 Å². The molecular formula is C17H27ClN2O2. The number of nitrogens with zero attached hydrogens (tertiary/aromatic N) is 1. The van der Waals surface area contributed by atoms with Crippen molar-refractivity contribution >= 4 is 18.3 Å². The Balaban J connectivity index is 0.00000242. The van der Waals surface area contributed by atoms with Crippen LogP contribution in [-0.2, 0) is 4.79 Å². The molecule has 1 aliphatic rings. The second-order valence-electron chi connectivity index (χ2n) is 5.86. The maximum atomic E-state index is 12.6. The fourth-order valence-corrected chi connectivity index (χ4v) is 2.91. The van der Waals surface area contributed by atoms with Crippen LogP contribution in [0.5, 0.6) is 5.75 Å². The largest absolute Gasteiger partial charge is 0.492 e. The standard InChI is InChI=1S/C17H26N2O2.ClH/c1-4-17(9-6-10-18-17)16(20)19(3)11-12-21-15-8-5-7-14(2)13-15;/h5,7-8,13,18H,4,6,9-12H2,1-3H3;1H. The van der Waals surface area contributed by atoms with Crippen LogP contribution in [0.2, 0.25) is 0 Å². The lowest BCUT2D eigenvalue weighted by molar-refractivity contribution is -0.137. The summed E-state index contributed by atoms with van der Waals surface area (Å²) in [4.78, 5) is 14.4. The van der Waals surface area contributed by atoms with E-state index in [0.29, 0.717) is 13.2 Å². The van der Waals surface area contributed by atoms with Crippen LogP contribution in [-0.4, -0.2) is 43.1 Å². The summed E-state index contributed by atoms with van der Waals surface area (Å²) in [6.07, 6.45) is 2.85. The molecule has 22 heavy (non-hydrogen) atoms. The van der Waals surface area contributed by atoms with Crippen LogP contribution < -0.4 is 10.1 Å². The molecule has 2 rings (SSSR count). The van der Waals surface area contributed by atoms with Gasteiger partial charge in [-0.1, -0.05) is 19.1 Å². The molecule has 1 saturated heterocycles. The molecule has 0 spiro atoms. The fourth-order valence-electron chi connectivity index (χ4n) is 2.91. The van der Waals surface area contributed by atoms with E-state index in [1.54, 1.807) is 4.90 Å². The van der Waals surface area contributed by atoms with Crippen molar-refractivity contribution in [2.45, 2.75) is 38.6 Å². The third kappa shape index (κ3) is 4.37. The molecule has 0 aliphatic carbocycles. The lowest BCUT2D eigenvalue weighted by Gasteiger charge is -2.31. The summed E-state index contributed by atoms with van der Waals surface area (Å²) in [5.74, 6) is 1.05. The van der Waals surface area contributed by atoms with Crippen molar-refractivity contribution in [1.82, 2.24) is 10.2 Å². The van der Waals surface area contributed by atoms with Gasteiger partial charge in [-0.2, -0.15) is 0 Å². The average Bonchev–Trinajstić information content (AvgIpc) is 2.96. The molecular weight excluding hydrogens is 300 g/mol. The molecule has 1 aromatic carbocycles. The van der Waals surface area contributed by atoms with E-state index < -0.39 is 0 Å². The highest BCUT2D eigenvalue weighted by atomic mass is 35.5. The normalized spacial score (nSPS) is 20.3. The number of hydrogen-bond acceptors (Lipinski definition) is 3. The van der Waals surface area contributed by atoms with E-state index in [-0.39, 0.29) is 23.9 Å². The van der Waals surface area contributed by atoms with Gasteiger partial charge in [0.2, 0.25) is 5.91 Å². The first kappa shape index (κ1) is 18.8. The molecule has 1 fully saturated rings. The molecule has 0 radical (unpaired) electrons. The highest BCUT2D eigenvalue weighted by Crippen LogP contribution is 2.25. The van der Waals surface area contributed by atoms with Gasteiger partial charge in [-0.05, 0) is 50.4 Å². The number of rotatable bonds is 6. The Hall–Kier alpha value is -1.26. The molecule has 124 valence electrons. The molecule has 0 bridgehead atoms. The van der Waals surface area contributed by atoms with Crippen molar-refractivity contribution in [2.75, 3.05) is 26.7 Å². The lowest BCUT2D eigenvalue weighted by atomic mass is 9.92. The molecule has 1 unspecified atom stereocenters. The summed E-state index contributed by atoms with van der Waals surface area (Å²) >= 11 is 0. The van der Waals surface area contributed by atoms with Gasteiger partial charge in [-0.15, -0.1) is 12.4 Å². The summed E-state index contributed by atoms with van der Waals surface area (Å²) in [7, 11) is 1.86. The van der Waals surface area contributed by atoms with Gasteiger partial charge in [0.05, 0.1) is 12.1 Å². The van der Waals surface area contributed by atoms with Gasteiger partial charge in [-0.3, -0.25) is 4.79 Å². The minimum Gasteiger partial charge on any atom is -0.492 e. The lowest BCUT2D eigenvalue weighted by Crippen LogP contribution is -2.54. The van der Waals surface area contributed by atoms with E-state index >= 15 is 0 Å². The minimum atomic E-state index is -0.349. The number of likely N-dealkylation sites (N-methyl/N-ethyl adjacent to an activating group) is 1. The van der Waals surface area contributed by atoms with Crippen LogP contribution in [0.15, 0.2) is 24.3 Å². The van der Waals surface area contributed by atoms with Crippen molar-refractivity contribution in [3.05, 3.63) is 29.8 Å². The monoisotopic (exact) mass is 326 g/mol.